The van der Waals surface area contributed by atoms with Crippen molar-refractivity contribution >= 4 is 21.8 Å². The van der Waals surface area contributed by atoms with Gasteiger partial charge in [0.15, 0.2) is 0 Å². The van der Waals surface area contributed by atoms with Gasteiger partial charge in [-0.15, -0.1) is 0 Å². The molecule has 4 nitrogen and oxygen atoms in total. The van der Waals surface area contributed by atoms with Crippen molar-refractivity contribution in [2.24, 2.45) is 16.8 Å². The van der Waals surface area contributed by atoms with Crippen molar-refractivity contribution in [3.05, 3.63) is 34.1 Å². The lowest BCUT2D eigenvalue weighted by Gasteiger charge is -2.20. The molecule has 1 atom stereocenters. The summed E-state index contributed by atoms with van der Waals surface area (Å²) in [6.45, 7) is 2.90. The standard InChI is InChI=1S/C12H17BrFN3O/c1-8(12(15)16-18)6-17(2)7-9-5-10(13)3-4-11(9)14/h3-5,8,18H,6-7H2,1-2H3,(H2,15,16). The van der Waals surface area contributed by atoms with Gasteiger partial charge in [0.2, 0.25) is 0 Å². The van der Waals surface area contributed by atoms with E-state index in [4.69, 9.17) is 10.9 Å². The van der Waals surface area contributed by atoms with Crippen LogP contribution in [0.3, 0.4) is 0 Å². The number of hydrogen-bond donors (Lipinski definition) is 2. The van der Waals surface area contributed by atoms with E-state index >= 15 is 0 Å². The first kappa shape index (κ1) is 14.9. The van der Waals surface area contributed by atoms with Crippen molar-refractivity contribution in [2.75, 3.05) is 13.6 Å². The number of benzene rings is 1. The van der Waals surface area contributed by atoms with Crippen LogP contribution in [0, 0.1) is 11.7 Å². The Kier molecular flexibility index (Phi) is 5.55. The van der Waals surface area contributed by atoms with E-state index in [-0.39, 0.29) is 17.6 Å². The fourth-order valence-electron chi connectivity index (χ4n) is 1.68. The minimum atomic E-state index is -0.235. The molecule has 18 heavy (non-hydrogen) atoms. The molecule has 0 fully saturated rings. The molecule has 0 aliphatic rings. The van der Waals surface area contributed by atoms with E-state index < -0.39 is 0 Å². The van der Waals surface area contributed by atoms with Gasteiger partial charge in [-0.05, 0) is 25.2 Å². The van der Waals surface area contributed by atoms with Crippen LogP contribution in [0.15, 0.2) is 27.8 Å². The zero-order chi connectivity index (χ0) is 13.7. The Morgan fingerprint density at radius 2 is 2.28 bits per heavy atom. The van der Waals surface area contributed by atoms with Crippen molar-refractivity contribution in [1.29, 1.82) is 0 Å². The normalized spacial score (nSPS) is 13.9. The van der Waals surface area contributed by atoms with Crippen LogP contribution in [0.1, 0.15) is 12.5 Å². The second-order valence-electron chi connectivity index (χ2n) is 4.36. The van der Waals surface area contributed by atoms with E-state index in [9.17, 15) is 4.39 Å². The highest BCUT2D eigenvalue weighted by atomic mass is 79.9. The molecule has 0 aliphatic carbocycles. The van der Waals surface area contributed by atoms with Crippen molar-refractivity contribution in [3.63, 3.8) is 0 Å². The maximum atomic E-state index is 13.6. The van der Waals surface area contributed by atoms with Crippen LogP contribution in [-0.4, -0.2) is 29.5 Å². The van der Waals surface area contributed by atoms with Gasteiger partial charge >= 0.3 is 0 Å². The number of nitrogens with two attached hydrogens (primary N) is 1. The number of hydrogen-bond acceptors (Lipinski definition) is 3. The molecule has 3 N–H and O–H groups in total. The van der Waals surface area contributed by atoms with Gasteiger partial charge in [0.1, 0.15) is 11.7 Å². The fraction of sp³-hybridized carbons (Fsp3) is 0.417. The number of nitrogens with zero attached hydrogens (tertiary/aromatic N) is 2. The van der Waals surface area contributed by atoms with Crippen LogP contribution in [0.5, 0.6) is 0 Å². The Morgan fingerprint density at radius 3 is 2.89 bits per heavy atom. The third kappa shape index (κ3) is 4.27. The summed E-state index contributed by atoms with van der Waals surface area (Å²) >= 11 is 3.31. The first-order chi connectivity index (χ1) is 8.43. The van der Waals surface area contributed by atoms with E-state index in [2.05, 4.69) is 21.1 Å². The topological polar surface area (TPSA) is 61.8 Å². The average molecular weight is 318 g/mol. The Balaban J connectivity index is 2.64. The fourth-order valence-corrected chi connectivity index (χ4v) is 2.09. The minimum Gasteiger partial charge on any atom is -0.409 e. The maximum Gasteiger partial charge on any atom is 0.143 e. The molecule has 0 heterocycles. The van der Waals surface area contributed by atoms with E-state index in [0.717, 1.165) is 4.47 Å². The van der Waals surface area contributed by atoms with E-state index in [1.165, 1.54) is 6.07 Å². The zero-order valence-electron chi connectivity index (χ0n) is 10.4. The molecule has 0 amide bonds. The lowest BCUT2D eigenvalue weighted by molar-refractivity contribution is 0.288. The van der Waals surface area contributed by atoms with Crippen molar-refractivity contribution in [3.8, 4) is 0 Å². The molecule has 1 rings (SSSR count). The summed E-state index contributed by atoms with van der Waals surface area (Å²) in [5.74, 6) is -0.145. The van der Waals surface area contributed by atoms with Gasteiger partial charge in [0, 0.05) is 29.0 Å². The van der Waals surface area contributed by atoms with Gasteiger partial charge in [-0.25, -0.2) is 4.39 Å². The van der Waals surface area contributed by atoms with Crippen LogP contribution in [-0.2, 0) is 6.54 Å². The molecule has 0 bridgehead atoms. The van der Waals surface area contributed by atoms with Crippen LogP contribution in [0.2, 0.25) is 0 Å². The number of amidine groups is 1. The van der Waals surface area contributed by atoms with Gasteiger partial charge in [-0.1, -0.05) is 28.0 Å². The molecule has 0 aliphatic heterocycles. The number of rotatable bonds is 5. The average Bonchev–Trinajstić information content (AvgIpc) is 2.32. The highest BCUT2D eigenvalue weighted by Crippen LogP contribution is 2.17. The lowest BCUT2D eigenvalue weighted by Crippen LogP contribution is -2.32. The van der Waals surface area contributed by atoms with Crippen LogP contribution in [0.4, 0.5) is 4.39 Å². The summed E-state index contributed by atoms with van der Waals surface area (Å²) in [4.78, 5) is 1.92. The van der Waals surface area contributed by atoms with Crippen molar-refractivity contribution < 1.29 is 9.60 Å². The van der Waals surface area contributed by atoms with E-state index in [0.29, 0.717) is 18.7 Å². The molecule has 0 aromatic heterocycles. The predicted octanol–water partition coefficient (Wildman–Crippen LogP) is 2.40. The molecular formula is C12H17BrFN3O. The second kappa shape index (κ2) is 6.70. The summed E-state index contributed by atoms with van der Waals surface area (Å²) in [5, 5.41) is 11.5. The van der Waals surface area contributed by atoms with E-state index in [1.807, 2.05) is 18.9 Å². The monoisotopic (exact) mass is 317 g/mol. The van der Waals surface area contributed by atoms with Gasteiger partial charge in [0.05, 0.1) is 0 Å². The van der Waals surface area contributed by atoms with Crippen LogP contribution < -0.4 is 5.73 Å². The Morgan fingerprint density at radius 1 is 1.61 bits per heavy atom. The SMILES string of the molecule is CC(CN(C)Cc1cc(Br)ccc1F)C(N)=NO. The molecule has 1 aromatic rings. The molecule has 0 saturated heterocycles. The van der Waals surface area contributed by atoms with Gasteiger partial charge < -0.3 is 15.8 Å². The summed E-state index contributed by atoms with van der Waals surface area (Å²) in [6, 6.07) is 4.85. The van der Waals surface area contributed by atoms with E-state index in [1.54, 1.807) is 12.1 Å². The molecule has 0 saturated carbocycles. The molecular weight excluding hydrogens is 301 g/mol. The predicted molar refractivity (Wildman–Crippen MR) is 73.0 cm³/mol. The summed E-state index contributed by atoms with van der Waals surface area (Å²) < 4.78 is 14.4. The number of halogens is 2. The highest BCUT2D eigenvalue weighted by molar-refractivity contribution is 9.10. The lowest BCUT2D eigenvalue weighted by atomic mass is 10.1. The smallest absolute Gasteiger partial charge is 0.143 e. The highest BCUT2D eigenvalue weighted by Gasteiger charge is 2.12. The largest absolute Gasteiger partial charge is 0.409 e. The first-order valence-electron chi connectivity index (χ1n) is 5.54. The minimum absolute atomic E-state index is 0.0878. The van der Waals surface area contributed by atoms with Crippen LogP contribution in [0.25, 0.3) is 0 Å². The summed E-state index contributed by atoms with van der Waals surface area (Å²) in [6.07, 6.45) is 0. The quantitative estimate of drug-likeness (QED) is 0.379. The third-order valence-electron chi connectivity index (χ3n) is 2.65. The number of oxime groups is 1. The van der Waals surface area contributed by atoms with Crippen molar-refractivity contribution in [2.45, 2.75) is 13.5 Å². The van der Waals surface area contributed by atoms with Crippen molar-refractivity contribution in [1.82, 2.24) is 4.90 Å². The summed E-state index contributed by atoms with van der Waals surface area (Å²) in [7, 11) is 1.86. The molecule has 1 unspecified atom stereocenters. The Hall–Kier alpha value is -1.14. The van der Waals surface area contributed by atoms with Gasteiger partial charge in [-0.3, -0.25) is 0 Å². The van der Waals surface area contributed by atoms with Gasteiger partial charge in [0.25, 0.3) is 0 Å². The first-order valence-corrected chi connectivity index (χ1v) is 6.33. The second-order valence-corrected chi connectivity index (χ2v) is 5.27. The molecule has 100 valence electrons. The van der Waals surface area contributed by atoms with Crippen LogP contribution >= 0.6 is 15.9 Å². The third-order valence-corrected chi connectivity index (χ3v) is 3.15. The molecule has 0 radical (unpaired) electrons. The summed E-state index contributed by atoms with van der Waals surface area (Å²) in [5.41, 5.74) is 6.11. The Bertz CT molecular complexity index is 439. The molecule has 1 aromatic carbocycles. The molecule has 0 spiro atoms. The Labute approximate surface area is 114 Å². The van der Waals surface area contributed by atoms with Gasteiger partial charge in [-0.2, -0.15) is 0 Å². The zero-order valence-corrected chi connectivity index (χ0v) is 12.0. The molecule has 6 heteroatoms. The maximum absolute atomic E-state index is 13.6.